The highest BCUT2D eigenvalue weighted by molar-refractivity contribution is 5.89. The second kappa shape index (κ2) is 8.28. The number of para-hydroxylation sites is 1. The maximum atomic E-state index is 12.5. The number of hydrogen-bond acceptors (Lipinski definition) is 8. The fraction of sp³-hybridized carbons (Fsp3) is 0.389. The first-order valence-corrected chi connectivity index (χ1v) is 9.06. The highest BCUT2D eigenvalue weighted by Crippen LogP contribution is 2.06. The lowest BCUT2D eigenvalue weighted by atomic mass is 10.2. The monoisotopic (exact) mass is 384 g/mol. The van der Waals surface area contributed by atoms with Gasteiger partial charge in [-0.1, -0.05) is 17.3 Å². The minimum atomic E-state index is -0.434. The lowest BCUT2D eigenvalue weighted by molar-refractivity contribution is 0.0382. The Hall–Kier alpha value is -3.11. The zero-order chi connectivity index (χ0) is 19.3. The van der Waals surface area contributed by atoms with Crippen molar-refractivity contribution in [3.63, 3.8) is 0 Å². The Labute approximate surface area is 160 Å². The van der Waals surface area contributed by atoms with Crippen molar-refractivity contribution in [2.75, 3.05) is 39.4 Å². The number of carbonyl (C=O) groups is 1. The van der Waals surface area contributed by atoms with Crippen LogP contribution in [0, 0.1) is 0 Å². The number of amides is 1. The van der Waals surface area contributed by atoms with E-state index in [-0.39, 0.29) is 23.8 Å². The molecule has 3 heterocycles. The number of fused-ring (bicyclic) bond motifs is 1. The topological polar surface area (TPSA) is 115 Å². The smallest absolute Gasteiger partial charge is 0.316 e. The maximum absolute atomic E-state index is 12.5. The van der Waals surface area contributed by atoms with Crippen molar-refractivity contribution >= 4 is 16.8 Å². The molecule has 3 aromatic rings. The molecule has 0 radical (unpaired) electrons. The third kappa shape index (κ3) is 4.07. The summed E-state index contributed by atoms with van der Waals surface area (Å²) in [6.45, 7) is 4.41. The summed E-state index contributed by atoms with van der Waals surface area (Å²) < 4.78 is 11.7. The molecule has 1 amide bonds. The summed E-state index contributed by atoms with van der Waals surface area (Å²) in [5.41, 5.74) is 0.420. The van der Waals surface area contributed by atoms with Crippen LogP contribution in [-0.4, -0.2) is 69.9 Å². The standard InChI is InChI=1S/C18H20N6O4/c25-16(19-5-6-23-7-9-27-10-8-23)17-21-15(22-28-17)11-24-12-20-14-4-2-1-3-13(14)18(24)26/h1-4,12H,5-11H2,(H,19,25). The van der Waals surface area contributed by atoms with Crippen LogP contribution in [0.5, 0.6) is 0 Å². The Bertz CT molecular complexity index is 1020. The second-order valence-corrected chi connectivity index (χ2v) is 6.42. The average Bonchev–Trinajstić information content (AvgIpc) is 3.20. The molecule has 1 fully saturated rings. The van der Waals surface area contributed by atoms with Crippen molar-refractivity contribution in [2.45, 2.75) is 6.54 Å². The quantitative estimate of drug-likeness (QED) is 0.626. The molecule has 28 heavy (non-hydrogen) atoms. The zero-order valence-corrected chi connectivity index (χ0v) is 15.2. The summed E-state index contributed by atoms with van der Waals surface area (Å²) in [5.74, 6) is -0.327. The van der Waals surface area contributed by atoms with E-state index >= 15 is 0 Å². The van der Waals surface area contributed by atoms with E-state index in [1.807, 2.05) is 6.07 Å². The summed E-state index contributed by atoms with van der Waals surface area (Å²) in [6, 6.07) is 7.09. The van der Waals surface area contributed by atoms with Crippen molar-refractivity contribution in [3.8, 4) is 0 Å². The molecule has 1 N–H and O–H groups in total. The van der Waals surface area contributed by atoms with Gasteiger partial charge in [-0.05, 0) is 12.1 Å². The number of nitrogens with one attached hydrogen (secondary N) is 1. The molecule has 146 valence electrons. The molecule has 0 saturated carbocycles. The van der Waals surface area contributed by atoms with Gasteiger partial charge in [0.2, 0.25) is 0 Å². The molecule has 0 aliphatic carbocycles. The second-order valence-electron chi connectivity index (χ2n) is 6.42. The lowest BCUT2D eigenvalue weighted by Gasteiger charge is -2.26. The van der Waals surface area contributed by atoms with Crippen molar-refractivity contribution in [3.05, 3.63) is 52.7 Å². The van der Waals surface area contributed by atoms with Crippen LogP contribution in [-0.2, 0) is 11.3 Å². The number of aromatic nitrogens is 4. The molecule has 0 unspecified atom stereocenters. The first kappa shape index (κ1) is 18.3. The van der Waals surface area contributed by atoms with Crippen LogP contribution >= 0.6 is 0 Å². The third-order valence-electron chi connectivity index (χ3n) is 4.52. The molecule has 0 bridgehead atoms. The van der Waals surface area contributed by atoms with E-state index in [0.29, 0.717) is 30.7 Å². The van der Waals surface area contributed by atoms with E-state index in [9.17, 15) is 9.59 Å². The minimum absolute atomic E-state index is 0.0707. The normalized spacial score (nSPS) is 15.0. The van der Waals surface area contributed by atoms with Gasteiger partial charge in [0, 0.05) is 26.2 Å². The number of ether oxygens (including phenoxy) is 1. The highest BCUT2D eigenvalue weighted by Gasteiger charge is 2.17. The van der Waals surface area contributed by atoms with Gasteiger partial charge < -0.3 is 14.6 Å². The molecule has 1 aromatic carbocycles. The van der Waals surface area contributed by atoms with Gasteiger partial charge in [-0.3, -0.25) is 19.1 Å². The minimum Gasteiger partial charge on any atom is -0.379 e. The van der Waals surface area contributed by atoms with E-state index in [4.69, 9.17) is 9.26 Å². The first-order chi connectivity index (χ1) is 13.7. The van der Waals surface area contributed by atoms with E-state index in [0.717, 1.165) is 19.6 Å². The molecule has 1 aliphatic heterocycles. The number of hydrogen-bond donors (Lipinski definition) is 1. The fourth-order valence-electron chi connectivity index (χ4n) is 3.01. The summed E-state index contributed by atoms with van der Waals surface area (Å²) >= 11 is 0. The Morgan fingerprint density at radius 3 is 2.89 bits per heavy atom. The van der Waals surface area contributed by atoms with Crippen LogP contribution in [0.3, 0.4) is 0 Å². The largest absolute Gasteiger partial charge is 0.379 e. The number of benzene rings is 1. The lowest BCUT2D eigenvalue weighted by Crippen LogP contribution is -2.41. The Kier molecular flexibility index (Phi) is 5.40. The molecule has 4 rings (SSSR count). The highest BCUT2D eigenvalue weighted by atomic mass is 16.5. The number of morpholine rings is 1. The molecule has 1 aliphatic rings. The van der Waals surface area contributed by atoms with Crippen molar-refractivity contribution in [2.24, 2.45) is 0 Å². The third-order valence-corrected chi connectivity index (χ3v) is 4.52. The summed E-state index contributed by atoms with van der Waals surface area (Å²) in [5, 5.41) is 7.06. The molecule has 10 nitrogen and oxygen atoms in total. The van der Waals surface area contributed by atoms with Crippen molar-refractivity contribution < 1.29 is 14.1 Å². The predicted octanol–water partition coefficient (Wildman–Crippen LogP) is -0.110. The van der Waals surface area contributed by atoms with Gasteiger partial charge in [0.15, 0.2) is 5.82 Å². The number of nitrogens with zero attached hydrogens (tertiary/aromatic N) is 5. The molecule has 2 aromatic heterocycles. The van der Waals surface area contributed by atoms with Gasteiger partial charge in [-0.25, -0.2) is 4.98 Å². The molecule has 10 heteroatoms. The van der Waals surface area contributed by atoms with Crippen LogP contribution in [0.2, 0.25) is 0 Å². The number of carbonyl (C=O) groups excluding carboxylic acids is 1. The van der Waals surface area contributed by atoms with Crippen LogP contribution in [0.15, 0.2) is 39.9 Å². The van der Waals surface area contributed by atoms with Gasteiger partial charge in [0.05, 0.1) is 37.0 Å². The molecule has 0 atom stereocenters. The zero-order valence-electron chi connectivity index (χ0n) is 15.2. The molecule has 1 saturated heterocycles. The van der Waals surface area contributed by atoms with Crippen LogP contribution in [0.4, 0.5) is 0 Å². The van der Waals surface area contributed by atoms with E-state index in [1.54, 1.807) is 18.2 Å². The van der Waals surface area contributed by atoms with Crippen molar-refractivity contribution in [1.29, 1.82) is 0 Å². The SMILES string of the molecule is O=C(NCCN1CCOCC1)c1nc(Cn2cnc3ccccc3c2=O)no1. The molecular formula is C18H20N6O4. The first-order valence-electron chi connectivity index (χ1n) is 9.06. The van der Waals surface area contributed by atoms with Crippen LogP contribution in [0.1, 0.15) is 16.5 Å². The fourth-order valence-corrected chi connectivity index (χ4v) is 3.01. The van der Waals surface area contributed by atoms with Gasteiger partial charge in [0.1, 0.15) is 0 Å². The van der Waals surface area contributed by atoms with Gasteiger partial charge in [-0.2, -0.15) is 4.98 Å². The van der Waals surface area contributed by atoms with E-state index in [1.165, 1.54) is 10.9 Å². The van der Waals surface area contributed by atoms with Gasteiger partial charge >= 0.3 is 11.8 Å². The van der Waals surface area contributed by atoms with E-state index in [2.05, 4.69) is 25.3 Å². The Balaban J connectivity index is 1.37. The van der Waals surface area contributed by atoms with Crippen molar-refractivity contribution in [1.82, 2.24) is 29.9 Å². The van der Waals surface area contributed by atoms with Gasteiger partial charge in [-0.15, -0.1) is 0 Å². The Morgan fingerprint density at radius 2 is 2.04 bits per heavy atom. The average molecular weight is 384 g/mol. The summed E-state index contributed by atoms with van der Waals surface area (Å²) in [6.07, 6.45) is 1.43. The van der Waals surface area contributed by atoms with Gasteiger partial charge in [0.25, 0.3) is 5.56 Å². The molecular weight excluding hydrogens is 364 g/mol. The summed E-state index contributed by atoms with van der Waals surface area (Å²) in [7, 11) is 0. The van der Waals surface area contributed by atoms with E-state index < -0.39 is 5.91 Å². The van der Waals surface area contributed by atoms with Crippen LogP contribution in [0.25, 0.3) is 10.9 Å². The Morgan fingerprint density at radius 1 is 1.21 bits per heavy atom. The maximum Gasteiger partial charge on any atom is 0.316 e. The predicted molar refractivity (Wildman–Crippen MR) is 99.0 cm³/mol. The molecule has 0 spiro atoms. The number of rotatable bonds is 6. The summed E-state index contributed by atoms with van der Waals surface area (Å²) in [4.78, 5) is 35.2. The van der Waals surface area contributed by atoms with Crippen LogP contribution < -0.4 is 10.9 Å².